The molecular weight excluding hydrogens is 369 g/mol. The van der Waals surface area contributed by atoms with Crippen molar-refractivity contribution in [1.82, 2.24) is 0 Å². The number of carboxylic acid groups (broad SMARTS) is 1. The molecule has 0 radical (unpaired) electrons. The van der Waals surface area contributed by atoms with Gasteiger partial charge in [-0.15, -0.1) is 0 Å². The van der Waals surface area contributed by atoms with Crippen molar-refractivity contribution in [2.75, 3.05) is 0 Å². The van der Waals surface area contributed by atoms with Crippen LogP contribution in [0.3, 0.4) is 0 Å². The summed E-state index contributed by atoms with van der Waals surface area (Å²) in [5.41, 5.74) is 0. The third kappa shape index (κ3) is 43.9. The summed E-state index contributed by atoms with van der Waals surface area (Å²) in [5.74, 6) is -0.664. The molecule has 0 aliphatic heterocycles. The van der Waals surface area contributed by atoms with Gasteiger partial charge < -0.3 is 7.96 Å². The summed E-state index contributed by atoms with van der Waals surface area (Å²) in [7, 11) is -4.67. The first-order valence-corrected chi connectivity index (χ1v) is 10.7. The molecule has 0 amide bonds. The molecule has 0 spiro atoms. The Balaban J connectivity index is -0.000000195. The Morgan fingerprint density at radius 2 is 1.15 bits per heavy atom. The van der Waals surface area contributed by atoms with Crippen molar-refractivity contribution in [1.29, 1.82) is 0 Å². The average Bonchev–Trinajstić information content (AvgIpc) is 2.49. The Labute approximate surface area is 178 Å². The van der Waals surface area contributed by atoms with Crippen molar-refractivity contribution in [2.24, 2.45) is 0 Å². The van der Waals surface area contributed by atoms with Crippen LogP contribution < -0.4 is 0 Å². The van der Waals surface area contributed by atoms with E-state index < -0.39 is 16.4 Å². The fourth-order valence-corrected chi connectivity index (χ4v) is 2.35. The summed E-state index contributed by atoms with van der Waals surface area (Å²) in [6.45, 7) is 2.26. The maximum Gasteiger partial charge on any atom is 2.00 e. The van der Waals surface area contributed by atoms with E-state index in [4.69, 9.17) is 22.6 Å². The SMILES string of the molecule is CCCCCCCC/C=C\CCCCCCCC(=O)O.O=S(=O)(O)O.[H-].[H-].[Mg+2]. The van der Waals surface area contributed by atoms with Gasteiger partial charge in [0.05, 0.1) is 0 Å². The second-order valence-corrected chi connectivity index (χ2v) is 7.07. The molecule has 6 nitrogen and oxygen atoms in total. The van der Waals surface area contributed by atoms with Crippen LogP contribution in [0.4, 0.5) is 0 Å². The van der Waals surface area contributed by atoms with Gasteiger partial charge in [0, 0.05) is 6.42 Å². The molecule has 0 atom stereocenters. The van der Waals surface area contributed by atoms with Crippen molar-refractivity contribution in [2.45, 2.75) is 96.8 Å². The van der Waals surface area contributed by atoms with E-state index in [1.165, 1.54) is 70.6 Å². The molecule has 0 aromatic rings. The third-order valence-electron chi connectivity index (χ3n) is 3.65. The molecule has 0 unspecified atom stereocenters. The van der Waals surface area contributed by atoms with Crippen molar-refractivity contribution >= 4 is 39.4 Å². The van der Waals surface area contributed by atoms with Crippen LogP contribution in [0.15, 0.2) is 12.2 Å². The predicted octanol–water partition coefficient (Wildman–Crippen LogP) is 5.30. The number of aliphatic carboxylic acids is 1. The normalized spacial score (nSPS) is 10.9. The number of allylic oxidation sites excluding steroid dienone is 2. The second-order valence-electron chi connectivity index (χ2n) is 6.18. The summed E-state index contributed by atoms with van der Waals surface area (Å²) in [4.78, 5) is 10.3. The van der Waals surface area contributed by atoms with Gasteiger partial charge in [-0.2, -0.15) is 8.42 Å². The number of unbranched alkanes of at least 4 members (excludes halogenated alkanes) is 11. The van der Waals surface area contributed by atoms with E-state index in [0.29, 0.717) is 6.42 Å². The first-order valence-electron chi connectivity index (χ1n) is 9.34. The van der Waals surface area contributed by atoms with Crippen LogP contribution in [-0.4, -0.2) is 51.7 Å². The summed E-state index contributed by atoms with van der Waals surface area (Å²) >= 11 is 0. The molecule has 0 heterocycles. The van der Waals surface area contributed by atoms with Crippen molar-refractivity contribution in [3.05, 3.63) is 12.2 Å². The summed E-state index contributed by atoms with van der Waals surface area (Å²) in [5, 5.41) is 8.51. The molecule has 0 aromatic carbocycles. The predicted molar refractivity (Wildman–Crippen MR) is 109 cm³/mol. The second kappa shape index (κ2) is 22.9. The number of hydrogen-bond acceptors (Lipinski definition) is 3. The zero-order valence-corrected chi connectivity index (χ0v) is 18.5. The Bertz CT molecular complexity index is 426. The van der Waals surface area contributed by atoms with E-state index in [9.17, 15) is 4.79 Å². The molecule has 0 rings (SSSR count). The van der Waals surface area contributed by atoms with Gasteiger partial charge in [-0.05, 0) is 32.1 Å². The minimum atomic E-state index is -4.67. The standard InChI is InChI=1S/C18H34O2.Mg.H2O4S.2H/c1-2-3-4-5-6-7-8-9-10-11-12-13-14-15-16-17-18(19)20;;1-5(2,3)4;;/h9-10H,2-8,11-17H2,1H3,(H,19,20);;(H2,1,2,3,4);;/q;+2;;2*-1/b10-9-;;;;. The number of rotatable bonds is 15. The van der Waals surface area contributed by atoms with Gasteiger partial charge in [-0.25, -0.2) is 0 Å². The summed E-state index contributed by atoms with van der Waals surface area (Å²) in [6, 6.07) is 0. The van der Waals surface area contributed by atoms with Crippen LogP contribution in [0.25, 0.3) is 0 Å². The van der Waals surface area contributed by atoms with E-state index in [-0.39, 0.29) is 25.9 Å². The largest absolute Gasteiger partial charge is 2.00 e. The van der Waals surface area contributed by atoms with Gasteiger partial charge in [-0.1, -0.05) is 70.4 Å². The quantitative estimate of drug-likeness (QED) is 0.147. The molecule has 0 saturated heterocycles. The molecule has 0 aromatic heterocycles. The van der Waals surface area contributed by atoms with Crippen molar-refractivity contribution in [3.8, 4) is 0 Å². The van der Waals surface area contributed by atoms with Crippen LogP contribution in [0.1, 0.15) is 99.7 Å². The Morgan fingerprint density at radius 3 is 1.54 bits per heavy atom. The van der Waals surface area contributed by atoms with Crippen molar-refractivity contribution < 1.29 is 30.3 Å². The van der Waals surface area contributed by atoms with Gasteiger partial charge in [0.1, 0.15) is 0 Å². The van der Waals surface area contributed by atoms with Crippen LogP contribution in [-0.2, 0) is 15.2 Å². The monoisotopic (exact) mass is 406 g/mol. The molecular formula is C18H38MgO6S. The van der Waals surface area contributed by atoms with Gasteiger partial charge >= 0.3 is 39.4 Å². The van der Waals surface area contributed by atoms with Crippen molar-refractivity contribution in [3.63, 3.8) is 0 Å². The van der Waals surface area contributed by atoms with Crippen LogP contribution >= 0.6 is 0 Å². The molecule has 0 bridgehead atoms. The molecule has 154 valence electrons. The van der Waals surface area contributed by atoms with Crippen LogP contribution in [0.2, 0.25) is 0 Å². The molecule has 0 fully saturated rings. The number of hydrogen-bond donors (Lipinski definition) is 3. The van der Waals surface area contributed by atoms with E-state index in [1.54, 1.807) is 0 Å². The molecule has 26 heavy (non-hydrogen) atoms. The topological polar surface area (TPSA) is 112 Å². The fraction of sp³-hybridized carbons (Fsp3) is 0.833. The minimum Gasteiger partial charge on any atom is -1.00 e. The van der Waals surface area contributed by atoms with Crippen LogP contribution in [0, 0.1) is 0 Å². The Hall–Kier alpha value is -0.154. The van der Waals surface area contributed by atoms with E-state index in [2.05, 4.69) is 19.1 Å². The average molecular weight is 407 g/mol. The summed E-state index contributed by atoms with van der Waals surface area (Å²) < 4.78 is 31.6. The number of carboxylic acids is 1. The fourth-order valence-electron chi connectivity index (χ4n) is 2.35. The molecule has 0 aliphatic rings. The van der Waals surface area contributed by atoms with Gasteiger partial charge in [0.15, 0.2) is 0 Å². The zero-order chi connectivity index (χ0) is 19.4. The number of carbonyl (C=O) groups is 1. The van der Waals surface area contributed by atoms with Gasteiger partial charge in [-0.3, -0.25) is 13.9 Å². The summed E-state index contributed by atoms with van der Waals surface area (Å²) in [6.07, 6.45) is 21.2. The molecule has 0 saturated carbocycles. The van der Waals surface area contributed by atoms with Gasteiger partial charge in [0.2, 0.25) is 0 Å². The maximum atomic E-state index is 10.3. The zero-order valence-electron chi connectivity index (χ0n) is 18.2. The maximum absolute atomic E-state index is 10.3. The molecule has 3 N–H and O–H groups in total. The first kappa shape index (κ1) is 30.6. The Morgan fingerprint density at radius 1 is 0.808 bits per heavy atom. The third-order valence-corrected chi connectivity index (χ3v) is 3.65. The molecule has 0 aliphatic carbocycles. The molecule has 8 heteroatoms. The van der Waals surface area contributed by atoms with E-state index >= 15 is 0 Å². The van der Waals surface area contributed by atoms with E-state index in [1.807, 2.05) is 0 Å². The van der Waals surface area contributed by atoms with Gasteiger partial charge in [0.25, 0.3) is 0 Å². The first-order chi connectivity index (χ1) is 11.8. The smallest absolute Gasteiger partial charge is 1.00 e. The van der Waals surface area contributed by atoms with E-state index in [0.717, 1.165) is 12.8 Å². The van der Waals surface area contributed by atoms with Crippen LogP contribution in [0.5, 0.6) is 0 Å². The minimum absolute atomic E-state index is 0. The Kier molecular flexibility index (Phi) is 26.9.